The SMILES string of the molecule is Cc1ccc(OCCCCn2c(CCNC(=O)c3cccc(Cl)c3)nc3ccccc32)c(C)c1. The second-order valence-electron chi connectivity index (χ2n) is 8.51. The standard InChI is InChI=1S/C28H30ClN3O2/c1-20-12-13-26(21(2)18-20)34-17-6-5-16-32-25-11-4-3-10-24(25)31-27(32)14-15-30-28(33)22-8-7-9-23(29)19-22/h3-4,7-13,18-19H,5-6,14-17H2,1-2H3,(H,30,33). The Morgan fingerprint density at radius 2 is 1.88 bits per heavy atom. The number of rotatable bonds is 10. The summed E-state index contributed by atoms with van der Waals surface area (Å²) in [6.07, 6.45) is 2.58. The number of carbonyl (C=O) groups excluding carboxylic acids is 1. The summed E-state index contributed by atoms with van der Waals surface area (Å²) in [5.41, 5.74) is 5.07. The van der Waals surface area contributed by atoms with Crippen LogP contribution in [0.1, 0.15) is 40.2 Å². The first-order valence-corrected chi connectivity index (χ1v) is 12.1. The second-order valence-corrected chi connectivity index (χ2v) is 8.95. The molecular formula is C28H30ClN3O2. The zero-order chi connectivity index (χ0) is 23.9. The van der Waals surface area contributed by atoms with Gasteiger partial charge in [-0.3, -0.25) is 4.79 Å². The van der Waals surface area contributed by atoms with Gasteiger partial charge in [-0.1, -0.05) is 47.5 Å². The highest BCUT2D eigenvalue weighted by Crippen LogP contribution is 2.20. The Kier molecular flexibility index (Phi) is 7.86. The van der Waals surface area contributed by atoms with Crippen LogP contribution in [0.15, 0.2) is 66.7 Å². The van der Waals surface area contributed by atoms with Crippen molar-refractivity contribution in [3.8, 4) is 5.75 Å². The summed E-state index contributed by atoms with van der Waals surface area (Å²) in [4.78, 5) is 17.3. The summed E-state index contributed by atoms with van der Waals surface area (Å²) in [5, 5.41) is 3.53. The molecule has 0 unspecified atom stereocenters. The molecule has 0 aliphatic heterocycles. The van der Waals surface area contributed by atoms with Crippen molar-refractivity contribution in [3.63, 3.8) is 0 Å². The highest BCUT2D eigenvalue weighted by atomic mass is 35.5. The molecule has 4 rings (SSSR count). The van der Waals surface area contributed by atoms with Gasteiger partial charge in [-0.05, 0) is 68.7 Å². The number of aromatic nitrogens is 2. The van der Waals surface area contributed by atoms with E-state index in [1.165, 1.54) is 11.1 Å². The number of unbranched alkanes of at least 4 members (excludes halogenated alkanes) is 1. The summed E-state index contributed by atoms with van der Waals surface area (Å²) in [6, 6.07) is 21.4. The molecule has 0 atom stereocenters. The van der Waals surface area contributed by atoms with Gasteiger partial charge < -0.3 is 14.6 Å². The number of halogens is 1. The molecule has 0 aliphatic rings. The third-order valence-corrected chi connectivity index (χ3v) is 6.05. The van der Waals surface area contributed by atoms with Crippen molar-refractivity contribution in [2.24, 2.45) is 0 Å². The smallest absolute Gasteiger partial charge is 0.251 e. The molecule has 5 nitrogen and oxygen atoms in total. The number of nitrogens with one attached hydrogen (secondary N) is 1. The molecule has 1 amide bonds. The lowest BCUT2D eigenvalue weighted by atomic mass is 10.1. The second kappa shape index (κ2) is 11.2. The molecule has 0 aliphatic carbocycles. The summed E-state index contributed by atoms with van der Waals surface area (Å²) in [6.45, 7) is 6.21. The van der Waals surface area contributed by atoms with E-state index in [4.69, 9.17) is 21.3 Å². The molecule has 176 valence electrons. The van der Waals surface area contributed by atoms with Crippen LogP contribution < -0.4 is 10.1 Å². The molecule has 0 radical (unpaired) electrons. The summed E-state index contributed by atoms with van der Waals surface area (Å²) < 4.78 is 8.25. The fraction of sp³-hybridized carbons (Fsp3) is 0.286. The number of imidazole rings is 1. The van der Waals surface area contributed by atoms with Gasteiger partial charge in [-0.2, -0.15) is 0 Å². The van der Waals surface area contributed by atoms with E-state index >= 15 is 0 Å². The van der Waals surface area contributed by atoms with E-state index < -0.39 is 0 Å². The maximum Gasteiger partial charge on any atom is 0.251 e. The van der Waals surface area contributed by atoms with E-state index in [1.807, 2.05) is 24.3 Å². The number of nitrogens with zero attached hydrogens (tertiary/aromatic N) is 2. The first kappa shape index (κ1) is 23.8. The molecule has 1 aromatic heterocycles. The zero-order valence-corrected chi connectivity index (χ0v) is 20.4. The summed E-state index contributed by atoms with van der Waals surface area (Å²) in [5.74, 6) is 1.80. The maximum atomic E-state index is 12.4. The van der Waals surface area contributed by atoms with Gasteiger partial charge in [0.25, 0.3) is 5.91 Å². The molecular weight excluding hydrogens is 446 g/mol. The minimum atomic E-state index is -0.131. The minimum absolute atomic E-state index is 0.131. The van der Waals surface area contributed by atoms with Crippen molar-refractivity contribution in [1.29, 1.82) is 0 Å². The molecule has 4 aromatic rings. The van der Waals surface area contributed by atoms with Crippen LogP contribution in [0.25, 0.3) is 11.0 Å². The minimum Gasteiger partial charge on any atom is -0.493 e. The normalized spacial score (nSPS) is 11.0. The lowest BCUT2D eigenvalue weighted by molar-refractivity contribution is 0.0954. The van der Waals surface area contributed by atoms with Crippen molar-refractivity contribution >= 4 is 28.5 Å². The van der Waals surface area contributed by atoms with Gasteiger partial charge in [0.05, 0.1) is 17.6 Å². The third kappa shape index (κ3) is 5.97. The molecule has 0 spiro atoms. The summed E-state index contributed by atoms with van der Waals surface area (Å²) in [7, 11) is 0. The van der Waals surface area contributed by atoms with Gasteiger partial charge in [-0.25, -0.2) is 4.98 Å². The van der Waals surface area contributed by atoms with E-state index in [1.54, 1.807) is 24.3 Å². The summed E-state index contributed by atoms with van der Waals surface area (Å²) >= 11 is 6.00. The lowest BCUT2D eigenvalue weighted by Crippen LogP contribution is -2.26. The predicted octanol–water partition coefficient (Wildman–Crippen LogP) is 6.14. The zero-order valence-electron chi connectivity index (χ0n) is 19.7. The average molecular weight is 476 g/mol. The van der Waals surface area contributed by atoms with Gasteiger partial charge in [0.1, 0.15) is 11.6 Å². The Balaban J connectivity index is 1.33. The molecule has 1 N–H and O–H groups in total. The number of fused-ring (bicyclic) bond motifs is 1. The number of aryl methyl sites for hydroxylation is 3. The predicted molar refractivity (Wildman–Crippen MR) is 138 cm³/mol. The van der Waals surface area contributed by atoms with Crippen molar-refractivity contribution < 1.29 is 9.53 Å². The van der Waals surface area contributed by atoms with Crippen LogP contribution in [0.4, 0.5) is 0 Å². The number of ether oxygens (including phenoxy) is 1. The Labute approximate surface area is 205 Å². The molecule has 34 heavy (non-hydrogen) atoms. The first-order valence-electron chi connectivity index (χ1n) is 11.7. The number of hydrogen-bond donors (Lipinski definition) is 1. The van der Waals surface area contributed by atoms with Crippen LogP contribution >= 0.6 is 11.6 Å². The first-order chi connectivity index (χ1) is 16.5. The number of para-hydroxylation sites is 2. The number of benzene rings is 3. The number of amides is 1. The molecule has 0 bridgehead atoms. The Morgan fingerprint density at radius 3 is 2.71 bits per heavy atom. The topological polar surface area (TPSA) is 56.1 Å². The largest absolute Gasteiger partial charge is 0.493 e. The third-order valence-electron chi connectivity index (χ3n) is 5.82. The van der Waals surface area contributed by atoms with Gasteiger partial charge in [0, 0.05) is 30.1 Å². The van der Waals surface area contributed by atoms with Crippen LogP contribution in [-0.4, -0.2) is 28.6 Å². The van der Waals surface area contributed by atoms with Crippen LogP contribution in [0.3, 0.4) is 0 Å². The van der Waals surface area contributed by atoms with Gasteiger partial charge in [-0.15, -0.1) is 0 Å². The Bertz CT molecular complexity index is 1280. The highest BCUT2D eigenvalue weighted by molar-refractivity contribution is 6.30. The van der Waals surface area contributed by atoms with Crippen LogP contribution in [0.5, 0.6) is 5.75 Å². The van der Waals surface area contributed by atoms with E-state index in [0.29, 0.717) is 30.2 Å². The molecule has 0 saturated heterocycles. The van der Waals surface area contributed by atoms with Crippen molar-refractivity contribution in [2.45, 2.75) is 39.7 Å². The van der Waals surface area contributed by atoms with Gasteiger partial charge in [0.2, 0.25) is 0 Å². The van der Waals surface area contributed by atoms with E-state index in [-0.39, 0.29) is 5.91 Å². The van der Waals surface area contributed by atoms with E-state index in [0.717, 1.165) is 42.0 Å². The number of hydrogen-bond acceptors (Lipinski definition) is 3. The number of carbonyl (C=O) groups is 1. The van der Waals surface area contributed by atoms with Crippen molar-refractivity contribution in [1.82, 2.24) is 14.9 Å². The molecule has 0 fully saturated rings. The van der Waals surface area contributed by atoms with Crippen molar-refractivity contribution in [3.05, 3.63) is 94.3 Å². The van der Waals surface area contributed by atoms with Crippen LogP contribution in [-0.2, 0) is 13.0 Å². The fourth-order valence-corrected chi connectivity index (χ4v) is 4.29. The van der Waals surface area contributed by atoms with E-state index in [2.05, 4.69) is 41.9 Å². The van der Waals surface area contributed by atoms with Gasteiger partial charge >= 0.3 is 0 Å². The van der Waals surface area contributed by atoms with Crippen LogP contribution in [0, 0.1) is 13.8 Å². The lowest BCUT2D eigenvalue weighted by Gasteiger charge is -2.12. The molecule has 1 heterocycles. The average Bonchev–Trinajstić information content (AvgIpc) is 3.17. The van der Waals surface area contributed by atoms with Gasteiger partial charge in [0.15, 0.2) is 0 Å². The maximum absolute atomic E-state index is 12.4. The van der Waals surface area contributed by atoms with Crippen LogP contribution in [0.2, 0.25) is 5.02 Å². The fourth-order valence-electron chi connectivity index (χ4n) is 4.10. The van der Waals surface area contributed by atoms with E-state index in [9.17, 15) is 4.79 Å². The molecule has 0 saturated carbocycles. The quantitative estimate of drug-likeness (QED) is 0.280. The molecule has 6 heteroatoms. The Hall–Kier alpha value is -3.31. The highest BCUT2D eigenvalue weighted by Gasteiger charge is 2.12. The Morgan fingerprint density at radius 1 is 1.03 bits per heavy atom. The molecule has 3 aromatic carbocycles. The monoisotopic (exact) mass is 475 g/mol. The van der Waals surface area contributed by atoms with Crippen molar-refractivity contribution in [2.75, 3.05) is 13.2 Å².